The highest BCUT2D eigenvalue weighted by Gasteiger charge is 2.44. The number of aromatic nitrogens is 2. The standard InChI is InChI=1S/C24H21N3O4S/c1-2-3-6-13-30-16-11-9-15(10-12-16)20-19-21(28)17-7-4-5-8-18(17)31-22(19)23(29)27(20)24-26-25-14-32-24/h4-5,7-12,14,20H,2-3,6,13H2,1H3. The molecule has 1 unspecified atom stereocenters. The van der Waals surface area contributed by atoms with E-state index in [1.54, 1.807) is 29.8 Å². The third-order valence-corrected chi connectivity index (χ3v) is 6.23. The molecule has 1 aliphatic heterocycles. The summed E-state index contributed by atoms with van der Waals surface area (Å²) in [5, 5.41) is 8.82. The summed E-state index contributed by atoms with van der Waals surface area (Å²) >= 11 is 1.24. The highest BCUT2D eigenvalue weighted by Crippen LogP contribution is 2.41. The van der Waals surface area contributed by atoms with Gasteiger partial charge in [0, 0.05) is 0 Å². The van der Waals surface area contributed by atoms with Gasteiger partial charge in [-0.3, -0.25) is 14.5 Å². The molecule has 1 atom stereocenters. The number of para-hydroxylation sites is 1. The smallest absolute Gasteiger partial charge is 0.297 e. The highest BCUT2D eigenvalue weighted by atomic mass is 32.1. The summed E-state index contributed by atoms with van der Waals surface area (Å²) < 4.78 is 11.7. The third kappa shape index (κ3) is 3.46. The Bertz CT molecular complexity index is 1320. The number of benzene rings is 2. The van der Waals surface area contributed by atoms with Crippen molar-refractivity contribution in [3.05, 3.63) is 81.2 Å². The van der Waals surface area contributed by atoms with Gasteiger partial charge in [0.2, 0.25) is 10.9 Å². The summed E-state index contributed by atoms with van der Waals surface area (Å²) in [5.41, 5.74) is 2.82. The predicted molar refractivity (Wildman–Crippen MR) is 123 cm³/mol. The molecule has 0 aliphatic carbocycles. The molecule has 4 aromatic rings. The van der Waals surface area contributed by atoms with E-state index >= 15 is 0 Å². The lowest BCUT2D eigenvalue weighted by molar-refractivity contribution is 0.0970. The second kappa shape index (κ2) is 8.55. The zero-order valence-corrected chi connectivity index (χ0v) is 18.3. The van der Waals surface area contributed by atoms with Gasteiger partial charge in [-0.25, -0.2) is 0 Å². The second-order valence-corrected chi connectivity index (χ2v) is 8.41. The Labute approximate surface area is 188 Å². The number of anilines is 1. The average molecular weight is 448 g/mol. The van der Waals surface area contributed by atoms with Crippen molar-refractivity contribution in [2.45, 2.75) is 32.2 Å². The fraction of sp³-hybridized carbons (Fsp3) is 0.250. The molecule has 1 aliphatic rings. The van der Waals surface area contributed by atoms with Gasteiger partial charge in [-0.05, 0) is 36.2 Å². The van der Waals surface area contributed by atoms with E-state index in [1.807, 2.05) is 24.3 Å². The molecule has 8 heteroatoms. The second-order valence-electron chi connectivity index (χ2n) is 7.59. The van der Waals surface area contributed by atoms with Crippen LogP contribution in [0, 0.1) is 0 Å². The van der Waals surface area contributed by atoms with Crippen LogP contribution in [0.2, 0.25) is 0 Å². The Morgan fingerprint density at radius 3 is 2.66 bits per heavy atom. The molecule has 2 aromatic heterocycles. The molecule has 32 heavy (non-hydrogen) atoms. The van der Waals surface area contributed by atoms with Crippen LogP contribution in [0.25, 0.3) is 11.0 Å². The lowest BCUT2D eigenvalue weighted by Crippen LogP contribution is -2.29. The minimum Gasteiger partial charge on any atom is -0.494 e. The summed E-state index contributed by atoms with van der Waals surface area (Å²) in [6.07, 6.45) is 3.26. The van der Waals surface area contributed by atoms with Crippen LogP contribution in [0.5, 0.6) is 5.75 Å². The molecule has 0 saturated carbocycles. The normalized spacial score (nSPS) is 15.3. The van der Waals surface area contributed by atoms with Crippen molar-refractivity contribution < 1.29 is 13.9 Å². The van der Waals surface area contributed by atoms with Crippen molar-refractivity contribution in [3.8, 4) is 5.75 Å². The van der Waals surface area contributed by atoms with Crippen molar-refractivity contribution in [3.63, 3.8) is 0 Å². The first-order valence-electron chi connectivity index (χ1n) is 10.6. The van der Waals surface area contributed by atoms with E-state index in [1.165, 1.54) is 16.2 Å². The summed E-state index contributed by atoms with van der Waals surface area (Å²) in [5.74, 6) is 0.403. The van der Waals surface area contributed by atoms with E-state index in [0.717, 1.165) is 30.6 Å². The molecule has 162 valence electrons. The molecule has 0 saturated heterocycles. The Morgan fingerprint density at radius 2 is 1.91 bits per heavy atom. The van der Waals surface area contributed by atoms with Gasteiger partial charge in [-0.15, -0.1) is 10.2 Å². The van der Waals surface area contributed by atoms with Crippen LogP contribution in [-0.2, 0) is 0 Å². The van der Waals surface area contributed by atoms with Crippen molar-refractivity contribution in [2.75, 3.05) is 11.5 Å². The summed E-state index contributed by atoms with van der Waals surface area (Å²) in [7, 11) is 0. The number of nitrogens with zero attached hydrogens (tertiary/aromatic N) is 3. The monoisotopic (exact) mass is 447 g/mol. The largest absolute Gasteiger partial charge is 0.494 e. The van der Waals surface area contributed by atoms with E-state index in [-0.39, 0.29) is 11.2 Å². The predicted octanol–water partition coefficient (Wildman–Crippen LogP) is 4.96. The SMILES string of the molecule is CCCCCOc1ccc(C2c3c(oc4ccccc4c3=O)C(=O)N2c2nncs2)cc1. The minimum atomic E-state index is -0.652. The Kier molecular flexibility index (Phi) is 5.45. The molecule has 0 fully saturated rings. The lowest BCUT2D eigenvalue weighted by atomic mass is 9.98. The van der Waals surface area contributed by atoms with Crippen LogP contribution in [0.15, 0.2) is 63.3 Å². The quantitative estimate of drug-likeness (QED) is 0.372. The van der Waals surface area contributed by atoms with E-state index < -0.39 is 11.9 Å². The van der Waals surface area contributed by atoms with E-state index in [2.05, 4.69) is 17.1 Å². The zero-order chi connectivity index (χ0) is 22.1. The number of hydrogen-bond acceptors (Lipinski definition) is 7. The fourth-order valence-corrected chi connectivity index (χ4v) is 4.58. The van der Waals surface area contributed by atoms with Gasteiger partial charge in [-0.2, -0.15) is 0 Å². The first-order chi connectivity index (χ1) is 15.7. The number of amides is 1. The first kappa shape index (κ1) is 20.4. The van der Waals surface area contributed by atoms with Gasteiger partial charge < -0.3 is 9.15 Å². The van der Waals surface area contributed by atoms with Crippen LogP contribution in [0.1, 0.15) is 53.9 Å². The van der Waals surface area contributed by atoms with Gasteiger partial charge in [0.25, 0.3) is 5.91 Å². The highest BCUT2D eigenvalue weighted by molar-refractivity contribution is 7.13. The summed E-state index contributed by atoms with van der Waals surface area (Å²) in [4.78, 5) is 28.3. The number of rotatable bonds is 7. The number of hydrogen-bond donors (Lipinski definition) is 0. The molecule has 5 rings (SSSR count). The number of fused-ring (bicyclic) bond motifs is 2. The van der Waals surface area contributed by atoms with Gasteiger partial charge >= 0.3 is 0 Å². The van der Waals surface area contributed by atoms with Gasteiger partial charge in [0.1, 0.15) is 16.8 Å². The molecule has 3 heterocycles. The molecular weight excluding hydrogens is 426 g/mol. The fourth-order valence-electron chi connectivity index (χ4n) is 3.99. The van der Waals surface area contributed by atoms with Crippen LogP contribution >= 0.6 is 11.3 Å². The van der Waals surface area contributed by atoms with E-state index in [0.29, 0.717) is 28.3 Å². The van der Waals surface area contributed by atoms with Gasteiger partial charge in [0.15, 0.2) is 5.43 Å². The van der Waals surface area contributed by atoms with E-state index in [9.17, 15) is 9.59 Å². The first-order valence-corrected chi connectivity index (χ1v) is 11.4. The summed E-state index contributed by atoms with van der Waals surface area (Å²) in [6, 6.07) is 13.8. The maximum absolute atomic E-state index is 13.4. The molecule has 2 aromatic carbocycles. The average Bonchev–Trinajstić information content (AvgIpc) is 3.44. The Hall–Kier alpha value is -3.52. The maximum atomic E-state index is 13.4. The Balaban J connectivity index is 1.59. The van der Waals surface area contributed by atoms with Crippen molar-refractivity contribution >= 4 is 33.3 Å². The molecule has 1 amide bonds. The minimum absolute atomic E-state index is 0.0498. The molecule has 7 nitrogen and oxygen atoms in total. The van der Waals surface area contributed by atoms with Crippen LogP contribution in [0.3, 0.4) is 0 Å². The third-order valence-electron chi connectivity index (χ3n) is 5.54. The topological polar surface area (TPSA) is 85.5 Å². The zero-order valence-electron chi connectivity index (χ0n) is 17.5. The van der Waals surface area contributed by atoms with Crippen LogP contribution < -0.4 is 15.1 Å². The number of carbonyl (C=O) groups is 1. The molecule has 0 bridgehead atoms. The number of unbranched alkanes of at least 4 members (excludes halogenated alkanes) is 2. The Morgan fingerprint density at radius 1 is 1.09 bits per heavy atom. The van der Waals surface area contributed by atoms with Crippen molar-refractivity contribution in [2.24, 2.45) is 0 Å². The molecule has 0 N–H and O–H groups in total. The number of carbonyl (C=O) groups excluding carboxylic acids is 1. The summed E-state index contributed by atoms with van der Waals surface area (Å²) in [6.45, 7) is 2.81. The van der Waals surface area contributed by atoms with Gasteiger partial charge in [-0.1, -0.05) is 55.4 Å². The van der Waals surface area contributed by atoms with Crippen molar-refractivity contribution in [1.29, 1.82) is 0 Å². The lowest BCUT2D eigenvalue weighted by Gasteiger charge is -2.22. The van der Waals surface area contributed by atoms with Crippen LogP contribution in [0.4, 0.5) is 5.13 Å². The van der Waals surface area contributed by atoms with E-state index in [4.69, 9.17) is 9.15 Å². The van der Waals surface area contributed by atoms with Crippen molar-refractivity contribution in [1.82, 2.24) is 10.2 Å². The molecular formula is C24H21N3O4S. The molecule has 0 radical (unpaired) electrons. The maximum Gasteiger partial charge on any atom is 0.297 e. The molecule has 0 spiro atoms. The van der Waals surface area contributed by atoms with Crippen LogP contribution in [-0.4, -0.2) is 22.7 Å². The number of ether oxygens (including phenoxy) is 1. The van der Waals surface area contributed by atoms with Gasteiger partial charge in [0.05, 0.1) is 23.6 Å².